The van der Waals surface area contributed by atoms with E-state index in [9.17, 15) is 0 Å². The summed E-state index contributed by atoms with van der Waals surface area (Å²) in [6, 6.07) is 0. The van der Waals surface area contributed by atoms with Crippen LogP contribution in [0.3, 0.4) is 0 Å². The Morgan fingerprint density at radius 1 is 1.46 bits per heavy atom. The quantitative estimate of drug-likeness (QED) is 0.736. The minimum Gasteiger partial charge on any atom is -0.361 e. The van der Waals surface area contributed by atoms with Gasteiger partial charge in [-0.15, -0.1) is 11.3 Å². The second kappa shape index (κ2) is 3.30. The summed E-state index contributed by atoms with van der Waals surface area (Å²) in [7, 11) is 0. The standard InChI is InChI=1S/C9H10N2OS/c1-6-9(7(2)12-11-6)3-8-4-13-5-10-8/h4-5H,3H2,1-2H3. The number of nitrogens with zero attached hydrogens (tertiary/aromatic N) is 2. The van der Waals surface area contributed by atoms with Gasteiger partial charge in [-0.3, -0.25) is 0 Å². The van der Waals surface area contributed by atoms with Crippen LogP contribution < -0.4 is 0 Å². The maximum Gasteiger partial charge on any atom is 0.137 e. The third kappa shape index (κ3) is 1.62. The van der Waals surface area contributed by atoms with Gasteiger partial charge in [-0.05, 0) is 13.8 Å². The largest absolute Gasteiger partial charge is 0.361 e. The summed E-state index contributed by atoms with van der Waals surface area (Å²) in [4.78, 5) is 4.22. The lowest BCUT2D eigenvalue weighted by Crippen LogP contribution is -1.90. The average Bonchev–Trinajstić information content (AvgIpc) is 2.70. The molecule has 0 amide bonds. The molecule has 0 saturated carbocycles. The fourth-order valence-electron chi connectivity index (χ4n) is 1.26. The zero-order valence-corrected chi connectivity index (χ0v) is 8.39. The predicted molar refractivity (Wildman–Crippen MR) is 50.9 cm³/mol. The molecule has 2 aromatic heterocycles. The van der Waals surface area contributed by atoms with Crippen molar-refractivity contribution in [3.63, 3.8) is 0 Å². The third-order valence-corrected chi connectivity index (χ3v) is 2.66. The van der Waals surface area contributed by atoms with E-state index in [-0.39, 0.29) is 0 Å². The summed E-state index contributed by atoms with van der Waals surface area (Å²) in [6.45, 7) is 3.89. The van der Waals surface area contributed by atoms with Crippen molar-refractivity contribution < 1.29 is 4.52 Å². The molecule has 2 rings (SSSR count). The van der Waals surface area contributed by atoms with Crippen LogP contribution in [0.25, 0.3) is 0 Å². The first-order chi connectivity index (χ1) is 6.27. The van der Waals surface area contributed by atoms with Crippen LogP contribution in [0, 0.1) is 13.8 Å². The maximum absolute atomic E-state index is 5.07. The van der Waals surface area contributed by atoms with Gasteiger partial charge in [0.15, 0.2) is 0 Å². The normalized spacial score (nSPS) is 10.6. The smallest absolute Gasteiger partial charge is 0.137 e. The Kier molecular flexibility index (Phi) is 2.14. The highest BCUT2D eigenvalue weighted by atomic mass is 32.1. The summed E-state index contributed by atoms with van der Waals surface area (Å²) in [5.74, 6) is 0.894. The summed E-state index contributed by atoms with van der Waals surface area (Å²) < 4.78 is 5.07. The van der Waals surface area contributed by atoms with Gasteiger partial charge in [0.25, 0.3) is 0 Å². The molecule has 0 aliphatic carbocycles. The number of hydrogen-bond acceptors (Lipinski definition) is 4. The van der Waals surface area contributed by atoms with Gasteiger partial charge in [0.2, 0.25) is 0 Å². The summed E-state index contributed by atoms with van der Waals surface area (Å²) in [6.07, 6.45) is 0.824. The predicted octanol–water partition coefficient (Wildman–Crippen LogP) is 2.34. The lowest BCUT2D eigenvalue weighted by molar-refractivity contribution is 0.392. The highest BCUT2D eigenvalue weighted by molar-refractivity contribution is 7.07. The lowest BCUT2D eigenvalue weighted by atomic mass is 10.1. The van der Waals surface area contributed by atoms with Crippen LogP contribution in [-0.2, 0) is 6.42 Å². The molecule has 0 spiro atoms. The van der Waals surface area contributed by atoms with E-state index in [1.165, 1.54) is 0 Å². The van der Waals surface area contributed by atoms with Crippen LogP contribution in [0.4, 0.5) is 0 Å². The van der Waals surface area contributed by atoms with E-state index in [1.54, 1.807) is 11.3 Å². The zero-order valence-electron chi connectivity index (χ0n) is 7.57. The second-order valence-corrected chi connectivity index (χ2v) is 3.68. The Morgan fingerprint density at radius 2 is 2.31 bits per heavy atom. The monoisotopic (exact) mass is 194 g/mol. The van der Waals surface area contributed by atoms with Gasteiger partial charge in [0.05, 0.1) is 16.9 Å². The molecule has 13 heavy (non-hydrogen) atoms. The molecule has 0 unspecified atom stereocenters. The Bertz CT molecular complexity index is 372. The van der Waals surface area contributed by atoms with Crippen LogP contribution >= 0.6 is 11.3 Å². The minimum atomic E-state index is 0.824. The van der Waals surface area contributed by atoms with Crippen LogP contribution in [-0.4, -0.2) is 10.1 Å². The average molecular weight is 194 g/mol. The van der Waals surface area contributed by atoms with Gasteiger partial charge in [0, 0.05) is 17.4 Å². The molecule has 0 saturated heterocycles. The summed E-state index contributed by atoms with van der Waals surface area (Å²) >= 11 is 1.61. The van der Waals surface area contributed by atoms with Gasteiger partial charge in [0.1, 0.15) is 5.76 Å². The molecule has 0 fully saturated rings. The lowest BCUT2D eigenvalue weighted by Gasteiger charge is -1.94. The molecular formula is C9H10N2OS. The van der Waals surface area contributed by atoms with E-state index in [1.807, 2.05) is 24.7 Å². The van der Waals surface area contributed by atoms with Crippen LogP contribution in [0.1, 0.15) is 22.7 Å². The highest BCUT2D eigenvalue weighted by Crippen LogP contribution is 2.16. The molecular weight excluding hydrogens is 184 g/mol. The first-order valence-corrected chi connectivity index (χ1v) is 5.00. The molecule has 0 aliphatic rings. The van der Waals surface area contributed by atoms with Crippen molar-refractivity contribution in [2.45, 2.75) is 20.3 Å². The van der Waals surface area contributed by atoms with Crippen LogP contribution in [0.5, 0.6) is 0 Å². The third-order valence-electron chi connectivity index (χ3n) is 2.02. The van der Waals surface area contributed by atoms with Crippen LogP contribution in [0.2, 0.25) is 0 Å². The van der Waals surface area contributed by atoms with E-state index in [0.29, 0.717) is 0 Å². The van der Waals surface area contributed by atoms with E-state index < -0.39 is 0 Å². The van der Waals surface area contributed by atoms with Gasteiger partial charge in [-0.2, -0.15) is 0 Å². The number of hydrogen-bond donors (Lipinski definition) is 0. The molecule has 68 valence electrons. The topological polar surface area (TPSA) is 38.9 Å². The fraction of sp³-hybridized carbons (Fsp3) is 0.333. The van der Waals surface area contributed by atoms with Crippen LogP contribution in [0.15, 0.2) is 15.4 Å². The molecule has 3 nitrogen and oxygen atoms in total. The Labute approximate surface area is 80.4 Å². The van der Waals surface area contributed by atoms with Crippen molar-refractivity contribution in [2.24, 2.45) is 0 Å². The van der Waals surface area contributed by atoms with Crippen molar-refractivity contribution in [3.8, 4) is 0 Å². The molecule has 0 bridgehead atoms. The Morgan fingerprint density at radius 3 is 2.85 bits per heavy atom. The number of aryl methyl sites for hydroxylation is 2. The molecule has 4 heteroatoms. The summed E-state index contributed by atoms with van der Waals surface area (Å²) in [5.41, 5.74) is 5.05. The van der Waals surface area contributed by atoms with Crippen molar-refractivity contribution in [2.75, 3.05) is 0 Å². The second-order valence-electron chi connectivity index (χ2n) is 2.96. The zero-order chi connectivity index (χ0) is 9.26. The SMILES string of the molecule is Cc1noc(C)c1Cc1cscn1. The molecule has 0 atom stereocenters. The maximum atomic E-state index is 5.07. The van der Waals surface area contributed by atoms with E-state index in [0.717, 1.165) is 29.1 Å². The van der Waals surface area contributed by atoms with Crippen molar-refractivity contribution in [3.05, 3.63) is 33.6 Å². The fourth-order valence-corrected chi connectivity index (χ4v) is 1.82. The molecule has 0 aromatic carbocycles. The number of rotatable bonds is 2. The van der Waals surface area contributed by atoms with Crippen molar-refractivity contribution >= 4 is 11.3 Å². The number of aromatic nitrogens is 2. The van der Waals surface area contributed by atoms with Gasteiger partial charge < -0.3 is 4.52 Å². The first kappa shape index (κ1) is 8.44. The van der Waals surface area contributed by atoms with E-state index in [4.69, 9.17) is 4.52 Å². The Balaban J connectivity index is 2.27. The van der Waals surface area contributed by atoms with Gasteiger partial charge in [-0.1, -0.05) is 5.16 Å². The molecule has 0 radical (unpaired) electrons. The Hall–Kier alpha value is -1.16. The highest BCUT2D eigenvalue weighted by Gasteiger charge is 2.09. The molecule has 2 aromatic rings. The summed E-state index contributed by atoms with van der Waals surface area (Å²) in [5, 5.41) is 5.94. The molecule has 2 heterocycles. The molecule has 0 N–H and O–H groups in total. The minimum absolute atomic E-state index is 0.824. The van der Waals surface area contributed by atoms with E-state index in [2.05, 4.69) is 10.1 Å². The molecule has 0 aliphatic heterocycles. The first-order valence-electron chi connectivity index (χ1n) is 4.06. The van der Waals surface area contributed by atoms with Crippen molar-refractivity contribution in [1.82, 2.24) is 10.1 Å². The van der Waals surface area contributed by atoms with E-state index >= 15 is 0 Å². The van der Waals surface area contributed by atoms with Gasteiger partial charge in [-0.25, -0.2) is 4.98 Å². The van der Waals surface area contributed by atoms with Gasteiger partial charge >= 0.3 is 0 Å². The number of thiazole rings is 1. The van der Waals surface area contributed by atoms with Crippen molar-refractivity contribution in [1.29, 1.82) is 0 Å².